The first-order valence-corrected chi connectivity index (χ1v) is 7.75. The van der Waals surface area contributed by atoms with Crippen molar-refractivity contribution in [2.75, 3.05) is 24.3 Å². The van der Waals surface area contributed by atoms with Crippen molar-refractivity contribution in [2.24, 2.45) is 0 Å². The Morgan fingerprint density at radius 1 is 1.30 bits per heavy atom. The molecule has 1 N–H and O–H groups in total. The highest BCUT2D eigenvalue weighted by molar-refractivity contribution is 7.11. The molecule has 1 heterocycles. The van der Waals surface area contributed by atoms with Gasteiger partial charge in [0.15, 0.2) is 0 Å². The Balaban J connectivity index is 2.18. The van der Waals surface area contributed by atoms with Gasteiger partial charge in [0.1, 0.15) is 0 Å². The largest absolute Gasteiger partial charge is 0.377 e. The van der Waals surface area contributed by atoms with Crippen LogP contribution in [-0.2, 0) is 0 Å². The van der Waals surface area contributed by atoms with Gasteiger partial charge in [-0.05, 0) is 39.0 Å². The van der Waals surface area contributed by atoms with Gasteiger partial charge in [-0.3, -0.25) is 0 Å². The number of hydrogen-bond donors (Lipinski definition) is 1. The Labute approximate surface area is 129 Å². The monoisotopic (exact) mass is 309 g/mol. The standard InChI is InChI=1S/C15H20ClN3S/c1-9(15-10(2)20-11(3)18-15)17-12-6-7-14(19(4)5)13(16)8-12/h6-9,17H,1-5H3. The average molecular weight is 310 g/mol. The van der Waals surface area contributed by atoms with Crippen LogP contribution in [0.5, 0.6) is 0 Å². The van der Waals surface area contributed by atoms with Gasteiger partial charge in [-0.2, -0.15) is 0 Å². The van der Waals surface area contributed by atoms with Gasteiger partial charge < -0.3 is 10.2 Å². The lowest BCUT2D eigenvalue weighted by molar-refractivity contribution is 0.837. The molecule has 0 amide bonds. The van der Waals surface area contributed by atoms with Crippen LogP contribution in [0, 0.1) is 13.8 Å². The summed E-state index contributed by atoms with van der Waals surface area (Å²) >= 11 is 8.03. The van der Waals surface area contributed by atoms with E-state index in [4.69, 9.17) is 11.6 Å². The maximum atomic E-state index is 6.29. The molecule has 0 bridgehead atoms. The van der Waals surface area contributed by atoms with Crippen LogP contribution < -0.4 is 10.2 Å². The zero-order valence-corrected chi connectivity index (χ0v) is 14.1. The minimum absolute atomic E-state index is 0.168. The lowest BCUT2D eigenvalue weighted by Crippen LogP contribution is -2.11. The van der Waals surface area contributed by atoms with E-state index in [2.05, 4.69) is 24.1 Å². The van der Waals surface area contributed by atoms with Gasteiger partial charge in [0.2, 0.25) is 0 Å². The van der Waals surface area contributed by atoms with Crippen molar-refractivity contribution in [3.63, 3.8) is 0 Å². The van der Waals surface area contributed by atoms with Crippen molar-refractivity contribution < 1.29 is 0 Å². The van der Waals surface area contributed by atoms with Crippen LogP contribution in [0.1, 0.15) is 28.5 Å². The van der Waals surface area contributed by atoms with Crippen LogP contribution in [0.4, 0.5) is 11.4 Å². The minimum Gasteiger partial charge on any atom is -0.377 e. The predicted octanol–water partition coefficient (Wildman–Crippen LogP) is 4.65. The van der Waals surface area contributed by atoms with Crippen molar-refractivity contribution in [1.82, 2.24) is 4.98 Å². The van der Waals surface area contributed by atoms with Crippen LogP contribution in [0.3, 0.4) is 0 Å². The molecule has 1 aromatic heterocycles. The van der Waals surface area contributed by atoms with E-state index < -0.39 is 0 Å². The molecule has 1 atom stereocenters. The van der Waals surface area contributed by atoms with Gasteiger partial charge in [-0.15, -0.1) is 11.3 Å². The number of benzene rings is 1. The molecule has 0 fully saturated rings. The highest BCUT2D eigenvalue weighted by Crippen LogP contribution is 2.30. The van der Waals surface area contributed by atoms with Crippen molar-refractivity contribution >= 4 is 34.3 Å². The number of thiazole rings is 1. The summed E-state index contributed by atoms with van der Waals surface area (Å²) in [4.78, 5) is 7.86. The van der Waals surface area contributed by atoms with Gasteiger partial charge in [-0.1, -0.05) is 11.6 Å². The topological polar surface area (TPSA) is 28.2 Å². The van der Waals surface area contributed by atoms with E-state index in [1.54, 1.807) is 11.3 Å². The number of halogens is 1. The Bertz CT molecular complexity index is 607. The SMILES string of the molecule is Cc1nc(C(C)Nc2ccc(N(C)C)c(Cl)c2)c(C)s1. The zero-order chi connectivity index (χ0) is 14.9. The maximum Gasteiger partial charge on any atom is 0.0901 e. The molecule has 0 saturated carbocycles. The molecule has 0 radical (unpaired) electrons. The maximum absolute atomic E-state index is 6.29. The van der Waals surface area contributed by atoms with E-state index in [0.717, 1.165) is 27.1 Å². The predicted molar refractivity (Wildman–Crippen MR) is 89.4 cm³/mol. The molecule has 0 saturated heterocycles. The van der Waals surface area contributed by atoms with Gasteiger partial charge in [0.05, 0.1) is 27.5 Å². The van der Waals surface area contributed by atoms with Gasteiger partial charge in [0.25, 0.3) is 0 Å². The normalized spacial score (nSPS) is 12.3. The second-order valence-electron chi connectivity index (χ2n) is 5.10. The van der Waals surface area contributed by atoms with E-state index in [-0.39, 0.29) is 6.04 Å². The van der Waals surface area contributed by atoms with Gasteiger partial charge in [-0.25, -0.2) is 4.98 Å². The first-order valence-electron chi connectivity index (χ1n) is 6.56. The molecule has 2 rings (SSSR count). The third-order valence-corrected chi connectivity index (χ3v) is 4.37. The number of anilines is 2. The average Bonchev–Trinajstić information content (AvgIpc) is 2.68. The van der Waals surface area contributed by atoms with Gasteiger partial charge in [0, 0.05) is 24.7 Å². The molecule has 108 valence electrons. The van der Waals surface area contributed by atoms with Crippen molar-refractivity contribution in [2.45, 2.75) is 26.8 Å². The quantitative estimate of drug-likeness (QED) is 0.891. The second-order valence-corrected chi connectivity index (χ2v) is 6.92. The van der Waals surface area contributed by atoms with E-state index in [1.807, 2.05) is 44.1 Å². The Morgan fingerprint density at radius 3 is 2.50 bits per heavy atom. The molecule has 20 heavy (non-hydrogen) atoms. The molecule has 5 heteroatoms. The summed E-state index contributed by atoms with van der Waals surface area (Å²) in [5, 5.41) is 5.31. The number of hydrogen-bond acceptors (Lipinski definition) is 4. The third-order valence-electron chi connectivity index (χ3n) is 3.16. The highest BCUT2D eigenvalue weighted by Gasteiger charge is 2.13. The van der Waals surface area contributed by atoms with E-state index in [1.165, 1.54) is 4.88 Å². The van der Waals surface area contributed by atoms with Crippen LogP contribution in [0.15, 0.2) is 18.2 Å². The first kappa shape index (κ1) is 15.1. The van der Waals surface area contributed by atoms with Crippen molar-refractivity contribution in [1.29, 1.82) is 0 Å². The summed E-state index contributed by atoms with van der Waals surface area (Å²) in [7, 11) is 3.97. The van der Waals surface area contributed by atoms with Crippen LogP contribution in [0.2, 0.25) is 5.02 Å². The zero-order valence-electron chi connectivity index (χ0n) is 12.5. The first-order chi connectivity index (χ1) is 9.38. The Kier molecular flexibility index (Phi) is 4.55. The van der Waals surface area contributed by atoms with Crippen molar-refractivity contribution in [3.05, 3.63) is 38.8 Å². The fraction of sp³-hybridized carbons (Fsp3) is 0.400. The summed E-state index contributed by atoms with van der Waals surface area (Å²) in [6.45, 7) is 6.27. The molecular weight excluding hydrogens is 290 g/mol. The summed E-state index contributed by atoms with van der Waals surface area (Å²) < 4.78 is 0. The summed E-state index contributed by atoms with van der Waals surface area (Å²) in [6, 6.07) is 6.20. The Hall–Kier alpha value is -1.26. The lowest BCUT2D eigenvalue weighted by atomic mass is 10.2. The number of aryl methyl sites for hydroxylation is 2. The molecule has 0 aliphatic carbocycles. The molecule has 1 unspecified atom stereocenters. The van der Waals surface area contributed by atoms with Crippen molar-refractivity contribution in [3.8, 4) is 0 Å². The molecular formula is C15H20ClN3S. The number of rotatable bonds is 4. The summed E-state index contributed by atoms with van der Waals surface area (Å²) in [5.74, 6) is 0. The smallest absolute Gasteiger partial charge is 0.0901 e. The van der Waals surface area contributed by atoms with E-state index >= 15 is 0 Å². The highest BCUT2D eigenvalue weighted by atomic mass is 35.5. The Morgan fingerprint density at radius 2 is 2.00 bits per heavy atom. The lowest BCUT2D eigenvalue weighted by Gasteiger charge is -2.18. The van der Waals surface area contributed by atoms with E-state index in [0.29, 0.717) is 0 Å². The number of nitrogens with zero attached hydrogens (tertiary/aromatic N) is 2. The third kappa shape index (κ3) is 3.25. The molecule has 1 aromatic carbocycles. The number of nitrogens with one attached hydrogen (secondary N) is 1. The molecule has 2 aromatic rings. The fourth-order valence-corrected chi connectivity index (χ4v) is 3.49. The molecule has 0 spiro atoms. The molecule has 3 nitrogen and oxygen atoms in total. The van der Waals surface area contributed by atoms with Crippen LogP contribution in [0.25, 0.3) is 0 Å². The fourth-order valence-electron chi connectivity index (χ4n) is 2.22. The summed E-state index contributed by atoms with van der Waals surface area (Å²) in [6.07, 6.45) is 0. The number of aromatic nitrogens is 1. The van der Waals surface area contributed by atoms with Crippen LogP contribution in [-0.4, -0.2) is 19.1 Å². The minimum atomic E-state index is 0.168. The summed E-state index contributed by atoms with van der Waals surface area (Å²) in [5.41, 5.74) is 3.14. The second kappa shape index (κ2) is 6.02. The van der Waals surface area contributed by atoms with Crippen LogP contribution >= 0.6 is 22.9 Å². The molecule has 0 aliphatic rings. The van der Waals surface area contributed by atoms with E-state index in [9.17, 15) is 0 Å². The van der Waals surface area contributed by atoms with Gasteiger partial charge >= 0.3 is 0 Å². The molecule has 0 aliphatic heterocycles.